The number of anilines is 1. The number of hydrogen-bond acceptors (Lipinski definition) is 5. The first-order chi connectivity index (χ1) is 12.7. The van der Waals surface area contributed by atoms with E-state index >= 15 is 0 Å². The quantitative estimate of drug-likeness (QED) is 0.782. The van der Waals surface area contributed by atoms with Crippen LogP contribution >= 0.6 is 0 Å². The maximum absolute atomic E-state index is 12.6. The van der Waals surface area contributed by atoms with Gasteiger partial charge in [-0.2, -0.15) is 5.10 Å². The highest BCUT2D eigenvalue weighted by molar-refractivity contribution is 6.08. The predicted molar refractivity (Wildman–Crippen MR) is 98.5 cm³/mol. The van der Waals surface area contributed by atoms with Crippen molar-refractivity contribution in [2.45, 2.75) is 18.9 Å². The Morgan fingerprint density at radius 2 is 2.08 bits per heavy atom. The minimum atomic E-state index is -0.187. The van der Waals surface area contributed by atoms with Gasteiger partial charge < -0.3 is 15.0 Å². The van der Waals surface area contributed by atoms with Gasteiger partial charge in [0.25, 0.3) is 5.91 Å². The number of hydrogen-bond donors (Lipinski definition) is 1. The van der Waals surface area contributed by atoms with Crippen LogP contribution < -0.4 is 10.1 Å². The Morgan fingerprint density at radius 1 is 1.23 bits per heavy atom. The largest absolute Gasteiger partial charge is 0.474 e. The topological polar surface area (TPSA) is 71.8 Å². The summed E-state index contributed by atoms with van der Waals surface area (Å²) in [4.78, 5) is 19.2. The standard InChI is InChI=1S/C19H21N5O2/c1-23-11-6-15(7-12-23)26-18-13-14(4-8-20-18)22-19(25)16-3-2-10-24-17(16)5-9-21-24/h2-5,8-10,13,15H,6-7,11-12H2,1H3,(H,20,22,25). The average molecular weight is 351 g/mol. The lowest BCUT2D eigenvalue weighted by Crippen LogP contribution is -2.35. The molecular weight excluding hydrogens is 330 g/mol. The zero-order valence-electron chi connectivity index (χ0n) is 14.6. The Kier molecular flexibility index (Phi) is 4.53. The molecule has 1 aliphatic heterocycles. The maximum atomic E-state index is 12.6. The summed E-state index contributed by atoms with van der Waals surface area (Å²) >= 11 is 0. The molecule has 0 spiro atoms. The Hall–Kier alpha value is -2.93. The van der Waals surface area contributed by atoms with E-state index in [1.165, 1.54) is 0 Å². The minimum absolute atomic E-state index is 0.171. The van der Waals surface area contributed by atoms with Gasteiger partial charge in [-0.3, -0.25) is 4.79 Å². The summed E-state index contributed by atoms with van der Waals surface area (Å²) in [6.45, 7) is 2.05. The van der Waals surface area contributed by atoms with Crippen molar-refractivity contribution in [1.29, 1.82) is 0 Å². The molecule has 0 saturated carbocycles. The Morgan fingerprint density at radius 3 is 2.92 bits per heavy atom. The van der Waals surface area contributed by atoms with Gasteiger partial charge in [0.2, 0.25) is 5.88 Å². The van der Waals surface area contributed by atoms with Gasteiger partial charge in [-0.25, -0.2) is 9.50 Å². The normalized spacial score (nSPS) is 15.9. The molecule has 7 nitrogen and oxygen atoms in total. The second kappa shape index (κ2) is 7.13. The number of carbonyl (C=O) groups excluding carboxylic acids is 1. The molecule has 0 aromatic carbocycles. The van der Waals surface area contributed by atoms with Crippen molar-refractivity contribution in [2.24, 2.45) is 0 Å². The summed E-state index contributed by atoms with van der Waals surface area (Å²) in [5.41, 5.74) is 2.00. The van der Waals surface area contributed by atoms with E-state index < -0.39 is 0 Å². The molecule has 1 aliphatic rings. The van der Waals surface area contributed by atoms with E-state index in [1.54, 1.807) is 41.2 Å². The third-order valence-corrected chi connectivity index (χ3v) is 4.63. The molecule has 0 unspecified atom stereocenters. The fraction of sp³-hybridized carbons (Fsp3) is 0.316. The number of rotatable bonds is 4. The maximum Gasteiger partial charge on any atom is 0.257 e. The van der Waals surface area contributed by atoms with Crippen molar-refractivity contribution in [3.8, 4) is 5.88 Å². The van der Waals surface area contributed by atoms with Crippen molar-refractivity contribution in [1.82, 2.24) is 19.5 Å². The van der Waals surface area contributed by atoms with E-state index in [2.05, 4.69) is 27.3 Å². The molecule has 1 saturated heterocycles. The molecule has 0 radical (unpaired) electrons. The van der Waals surface area contributed by atoms with Crippen molar-refractivity contribution >= 4 is 17.1 Å². The van der Waals surface area contributed by atoms with Crippen LogP contribution in [0.1, 0.15) is 23.2 Å². The first kappa shape index (κ1) is 16.5. The lowest BCUT2D eigenvalue weighted by molar-refractivity contribution is 0.102. The van der Waals surface area contributed by atoms with Gasteiger partial charge in [-0.15, -0.1) is 0 Å². The monoisotopic (exact) mass is 351 g/mol. The fourth-order valence-electron chi connectivity index (χ4n) is 3.17. The lowest BCUT2D eigenvalue weighted by Gasteiger charge is -2.28. The van der Waals surface area contributed by atoms with E-state index in [0.717, 1.165) is 31.4 Å². The molecule has 1 fully saturated rings. The number of nitrogens with zero attached hydrogens (tertiary/aromatic N) is 4. The van der Waals surface area contributed by atoms with Gasteiger partial charge in [0.05, 0.1) is 17.3 Å². The van der Waals surface area contributed by atoms with Gasteiger partial charge in [-0.1, -0.05) is 0 Å². The van der Waals surface area contributed by atoms with Crippen LogP contribution in [0, 0.1) is 0 Å². The van der Waals surface area contributed by atoms with Crippen molar-refractivity contribution in [3.05, 3.63) is 54.5 Å². The van der Waals surface area contributed by atoms with Gasteiger partial charge in [0.1, 0.15) is 6.10 Å². The molecule has 7 heteroatoms. The van der Waals surface area contributed by atoms with E-state index in [0.29, 0.717) is 17.1 Å². The molecule has 1 amide bonds. The fourth-order valence-corrected chi connectivity index (χ4v) is 3.17. The Labute approximate surface area is 151 Å². The molecule has 26 heavy (non-hydrogen) atoms. The van der Waals surface area contributed by atoms with Gasteiger partial charge in [-0.05, 0) is 44.2 Å². The van der Waals surface area contributed by atoms with Gasteiger partial charge in [0, 0.05) is 37.2 Å². The molecule has 134 valence electrons. The zero-order valence-corrected chi connectivity index (χ0v) is 14.6. The van der Waals surface area contributed by atoms with Crippen molar-refractivity contribution in [3.63, 3.8) is 0 Å². The highest BCUT2D eigenvalue weighted by atomic mass is 16.5. The first-order valence-electron chi connectivity index (χ1n) is 8.74. The highest BCUT2D eigenvalue weighted by Gasteiger charge is 2.19. The van der Waals surface area contributed by atoms with Crippen molar-refractivity contribution < 1.29 is 9.53 Å². The van der Waals surface area contributed by atoms with E-state index in [1.807, 2.05) is 12.3 Å². The molecule has 4 rings (SSSR count). The van der Waals surface area contributed by atoms with Crippen LogP contribution in [0.5, 0.6) is 5.88 Å². The molecule has 3 aromatic heterocycles. The summed E-state index contributed by atoms with van der Waals surface area (Å²) in [5.74, 6) is 0.354. The number of pyridine rings is 2. The number of amides is 1. The number of aromatic nitrogens is 3. The number of fused-ring (bicyclic) bond motifs is 1. The summed E-state index contributed by atoms with van der Waals surface area (Å²) in [6.07, 6.45) is 7.28. The summed E-state index contributed by atoms with van der Waals surface area (Å²) < 4.78 is 7.66. The molecule has 4 heterocycles. The van der Waals surface area contributed by atoms with Gasteiger partial charge in [0.15, 0.2) is 0 Å². The lowest BCUT2D eigenvalue weighted by atomic mass is 10.1. The SMILES string of the molecule is CN1CCC(Oc2cc(NC(=O)c3cccn4nccc34)ccn2)CC1. The Bertz CT molecular complexity index is 915. The van der Waals surface area contributed by atoms with E-state index in [9.17, 15) is 4.79 Å². The highest BCUT2D eigenvalue weighted by Crippen LogP contribution is 2.20. The average Bonchev–Trinajstić information content (AvgIpc) is 3.12. The second-order valence-electron chi connectivity index (χ2n) is 6.54. The van der Waals surface area contributed by atoms with Crippen LogP contribution in [0.2, 0.25) is 0 Å². The van der Waals surface area contributed by atoms with Crippen LogP contribution in [0.15, 0.2) is 48.9 Å². The predicted octanol–water partition coefficient (Wildman–Crippen LogP) is 2.45. The first-order valence-corrected chi connectivity index (χ1v) is 8.74. The number of ether oxygens (including phenoxy) is 1. The third-order valence-electron chi connectivity index (χ3n) is 4.63. The van der Waals surface area contributed by atoms with Crippen LogP contribution in [0.25, 0.3) is 5.52 Å². The van der Waals surface area contributed by atoms with Crippen LogP contribution in [0.3, 0.4) is 0 Å². The van der Waals surface area contributed by atoms with Crippen LogP contribution in [-0.4, -0.2) is 51.6 Å². The van der Waals surface area contributed by atoms with E-state index in [-0.39, 0.29) is 12.0 Å². The number of nitrogens with one attached hydrogen (secondary N) is 1. The zero-order chi connectivity index (χ0) is 17.9. The number of piperidine rings is 1. The molecule has 0 atom stereocenters. The molecule has 0 bridgehead atoms. The summed E-state index contributed by atoms with van der Waals surface area (Å²) in [6, 6.07) is 8.93. The minimum Gasteiger partial charge on any atom is -0.474 e. The second-order valence-corrected chi connectivity index (χ2v) is 6.54. The van der Waals surface area contributed by atoms with Gasteiger partial charge >= 0.3 is 0 Å². The smallest absolute Gasteiger partial charge is 0.257 e. The van der Waals surface area contributed by atoms with E-state index in [4.69, 9.17) is 4.74 Å². The third kappa shape index (κ3) is 3.52. The Balaban J connectivity index is 1.46. The summed E-state index contributed by atoms with van der Waals surface area (Å²) in [5, 5.41) is 7.07. The number of likely N-dealkylation sites (tertiary alicyclic amines) is 1. The van der Waals surface area contributed by atoms with Crippen LogP contribution in [0.4, 0.5) is 5.69 Å². The molecule has 1 N–H and O–H groups in total. The number of carbonyl (C=O) groups is 1. The molecule has 3 aromatic rings. The molecular formula is C19H21N5O2. The summed E-state index contributed by atoms with van der Waals surface area (Å²) in [7, 11) is 2.12. The molecule has 0 aliphatic carbocycles. The van der Waals surface area contributed by atoms with Crippen molar-refractivity contribution in [2.75, 3.05) is 25.5 Å². The van der Waals surface area contributed by atoms with Crippen LogP contribution in [-0.2, 0) is 0 Å².